The highest BCUT2D eigenvalue weighted by molar-refractivity contribution is 5.79. The standard InChI is InChI=1S/C73H120N10O44/c1-21(12-84)110-61-45(81-29(9)98)71(122-55-34(15-87)115-68(42(51(55)104)78-26(6)95)121-54-33(14-86)113-66(109)40(50(54)103)76-24(4)93)118-37(18-90)58(61)125-69-43(79-27(7)96)52(105)56(35(16-88)116-69)123-73-47(83-31(11)100)63(112-23(3)65(75)108)60(39(20-92)120-73)127-70-44(80-28(8)97)53(106)57(36(17-89)117-70)124-72-46(82-30(10)99)62(111-22(2)64(74)107)59(38(19-91)119-72)126-67-41(77-25(5)94)49(102)48(101)32(13-85)114-67/h12,21-23,32-63,66-73,85-92,101-106,109H,13-20H2,1-11H3,(H2,74,107)(H2,75,108)(H,76,93)(H,77,94)(H,78,95)(H,79,96)(H,80,97)(H,81,98)(H,82,99)(H,83,100)/t21-,22-,23-,32-,33-,34-,35-,36-,37-,38-,39-,40-,41-,42-,43-,44-,45-,46-,47-,48-,49-,50-,51-,52-,53-,54-,55-,56-,57-,58-,59-,60-,61-,62-,63-,66-,67+,68+,69+,70+,71+,72+,73+/m1/s1. The van der Waals surface area contributed by atoms with Crippen LogP contribution in [0.3, 0.4) is 0 Å². The largest absolute Gasteiger partial charge is 0.394 e. The van der Waals surface area contributed by atoms with Crippen molar-refractivity contribution in [3.63, 3.8) is 0 Å². The van der Waals surface area contributed by atoms with Gasteiger partial charge in [0.05, 0.1) is 52.9 Å². The molecule has 8 saturated heterocycles. The molecule has 0 aliphatic carbocycles. The second-order valence-corrected chi connectivity index (χ2v) is 31.5. The summed E-state index contributed by atoms with van der Waals surface area (Å²) < 4.78 is 112. The number of hydrogen-bond donors (Lipinski definition) is 25. The minimum Gasteiger partial charge on any atom is -0.394 e. The van der Waals surface area contributed by atoms with Crippen LogP contribution in [0.4, 0.5) is 0 Å². The summed E-state index contributed by atoms with van der Waals surface area (Å²) in [5.41, 5.74) is 11.4. The van der Waals surface area contributed by atoms with Crippen LogP contribution in [0.25, 0.3) is 0 Å². The minimum atomic E-state index is -2.25. The molecule has 0 spiro atoms. The first kappa shape index (κ1) is 105. The number of carbonyl (C=O) groups excluding carboxylic acids is 11. The summed E-state index contributed by atoms with van der Waals surface area (Å²) in [5, 5.41) is 189. The first-order chi connectivity index (χ1) is 59.9. The summed E-state index contributed by atoms with van der Waals surface area (Å²) in [4.78, 5) is 143. The molecule has 0 unspecified atom stereocenters. The van der Waals surface area contributed by atoms with Gasteiger partial charge < -0.3 is 221 Å². The van der Waals surface area contributed by atoms with Crippen molar-refractivity contribution in [3.8, 4) is 0 Å². The number of ether oxygens (including phenoxy) is 18. The number of hydrogen-bond acceptors (Lipinski definition) is 44. The van der Waals surface area contributed by atoms with Gasteiger partial charge in [0.25, 0.3) is 0 Å². The van der Waals surface area contributed by atoms with E-state index in [9.17, 15) is 129 Å². The third-order valence-corrected chi connectivity index (χ3v) is 21.9. The normalized spacial score (nSPS) is 41.3. The molecule has 0 aromatic rings. The Morgan fingerprint density at radius 3 is 0.717 bits per heavy atom. The van der Waals surface area contributed by atoms with Gasteiger partial charge in [-0.25, -0.2) is 0 Å². The molecule has 0 saturated carbocycles. The third-order valence-electron chi connectivity index (χ3n) is 21.9. The number of nitrogens with one attached hydrogen (secondary N) is 8. The van der Waals surface area contributed by atoms with Crippen LogP contribution in [0.15, 0.2) is 0 Å². The Labute approximate surface area is 724 Å². The number of nitrogens with two attached hydrogens (primary N) is 2. The van der Waals surface area contributed by atoms with Crippen LogP contribution in [0.2, 0.25) is 0 Å². The van der Waals surface area contributed by atoms with Crippen LogP contribution in [0, 0.1) is 0 Å². The zero-order valence-corrected chi connectivity index (χ0v) is 70.8. The van der Waals surface area contributed by atoms with E-state index >= 15 is 0 Å². The zero-order valence-electron chi connectivity index (χ0n) is 70.8. The average molecular weight is 1840 g/mol. The molecular weight excluding hydrogens is 1720 g/mol. The van der Waals surface area contributed by atoms with Crippen LogP contribution < -0.4 is 54.0 Å². The molecule has 54 nitrogen and oxygen atoms in total. The zero-order chi connectivity index (χ0) is 94.3. The second-order valence-electron chi connectivity index (χ2n) is 31.5. The van der Waals surface area contributed by atoms with Gasteiger partial charge in [-0.3, -0.25) is 47.9 Å². The maximum absolute atomic E-state index is 13.6. The fourth-order valence-electron chi connectivity index (χ4n) is 16.1. The van der Waals surface area contributed by atoms with E-state index in [0.717, 1.165) is 62.3 Å². The molecular formula is C73H120N10O44. The molecule has 0 aromatic carbocycles. The highest BCUT2D eigenvalue weighted by atomic mass is 16.8. The van der Waals surface area contributed by atoms with Crippen LogP contribution in [0.5, 0.6) is 0 Å². The van der Waals surface area contributed by atoms with Crippen LogP contribution in [-0.2, 0) is 138 Å². The van der Waals surface area contributed by atoms with Crippen molar-refractivity contribution in [2.45, 2.75) is 340 Å². The molecule has 10 amide bonds. The van der Waals surface area contributed by atoms with E-state index in [1.807, 2.05) is 0 Å². The van der Waals surface area contributed by atoms with E-state index in [1.54, 1.807) is 0 Å². The number of rotatable bonds is 39. The van der Waals surface area contributed by atoms with E-state index in [1.165, 1.54) is 13.8 Å². The Hall–Kier alpha value is -6.95. The summed E-state index contributed by atoms with van der Waals surface area (Å²) >= 11 is 0. The molecule has 8 aliphatic heterocycles. The Morgan fingerprint density at radius 1 is 0.276 bits per heavy atom. The van der Waals surface area contributed by atoms with Crippen LogP contribution in [0.1, 0.15) is 76.2 Å². The average Bonchev–Trinajstić information content (AvgIpc) is 0.759. The molecule has 726 valence electrons. The lowest BCUT2D eigenvalue weighted by Gasteiger charge is -2.53. The topological polar surface area (TPSA) is 806 Å². The van der Waals surface area contributed by atoms with E-state index in [4.69, 9.17) is 96.7 Å². The molecule has 0 aromatic heterocycles. The maximum Gasteiger partial charge on any atom is 0.246 e. The van der Waals surface area contributed by atoms with E-state index in [-0.39, 0.29) is 6.29 Å². The van der Waals surface area contributed by atoms with E-state index < -0.39 is 375 Å². The summed E-state index contributed by atoms with van der Waals surface area (Å²) in [6.45, 7) is 2.80. The highest BCUT2D eigenvalue weighted by Crippen LogP contribution is 2.41. The van der Waals surface area contributed by atoms with E-state index in [0.29, 0.717) is 0 Å². The van der Waals surface area contributed by atoms with Gasteiger partial charge in [0, 0.05) is 55.4 Å². The van der Waals surface area contributed by atoms with Crippen molar-refractivity contribution in [2.75, 3.05) is 52.9 Å². The van der Waals surface area contributed by atoms with Gasteiger partial charge in [-0.15, -0.1) is 0 Å². The van der Waals surface area contributed by atoms with Crippen molar-refractivity contribution in [1.29, 1.82) is 0 Å². The van der Waals surface area contributed by atoms with Crippen molar-refractivity contribution in [1.82, 2.24) is 42.5 Å². The second kappa shape index (κ2) is 47.4. The summed E-state index contributed by atoms with van der Waals surface area (Å²) in [5.74, 6) is -9.31. The predicted molar refractivity (Wildman–Crippen MR) is 407 cm³/mol. The number of aliphatic hydroxyl groups excluding tert-OH is 15. The van der Waals surface area contributed by atoms with Crippen LogP contribution >= 0.6 is 0 Å². The Bertz CT molecular complexity index is 3650. The van der Waals surface area contributed by atoms with Gasteiger partial charge >= 0.3 is 0 Å². The molecule has 54 heteroatoms. The maximum atomic E-state index is 13.6. The van der Waals surface area contributed by atoms with Gasteiger partial charge in [0.2, 0.25) is 59.1 Å². The fraction of sp³-hybridized carbons (Fsp3) is 0.849. The third kappa shape index (κ3) is 25.9. The lowest BCUT2D eigenvalue weighted by atomic mass is 9.92. The molecule has 8 heterocycles. The first-order valence-corrected chi connectivity index (χ1v) is 40.6. The summed E-state index contributed by atoms with van der Waals surface area (Å²) in [6, 6.07) is -14.4. The molecule has 127 heavy (non-hydrogen) atoms. The van der Waals surface area contributed by atoms with Gasteiger partial charge in [0.15, 0.2) is 50.3 Å². The first-order valence-electron chi connectivity index (χ1n) is 40.6. The Morgan fingerprint density at radius 2 is 0.472 bits per heavy atom. The molecule has 27 N–H and O–H groups in total. The molecule has 0 radical (unpaired) electrons. The SMILES string of the molecule is CC(=O)N[C@@H]1[C@@H](O)[C@H](O[C@@H]2O[C@H](CO)[C@@H](O[C@@H]3O[C@H](CO)[C@@H](O[C@@H]4O[C@H](CO)[C@@H](O[C@@H]5O[C@H](CO)[C@@H](O[C@@H]6O[C@H](CO)[C@@H](O[C@@H]7O[C@H](CO)[C@@H](O[C@@H]8O[C@H](CO)[C@@H](O)[C@H](O)[C@H]8NC(C)=O)[C@H](O[C@H](C)C(N)=O)[C@H]7NC(C)=O)[C@H](O)[C@H]6NC(C)=O)[C@H](O[C@H](C)C(N)=O)[C@H]5NC(C)=O)[C@H](O)[C@H]4NC(C)=O)[C@H](O[C@H](C)C=O)[C@H]3NC(C)=O)[C@H](O)[C@H]2NC(C)=O)[C@@H](CO)O[C@H]1O. The summed E-state index contributed by atoms with van der Waals surface area (Å²) in [6.07, 6.45) is -66.2. The molecule has 8 aliphatic rings. The lowest BCUT2D eigenvalue weighted by molar-refractivity contribution is -0.377. The van der Waals surface area contributed by atoms with Crippen molar-refractivity contribution >= 4 is 65.4 Å². The van der Waals surface area contributed by atoms with Gasteiger partial charge in [-0.05, 0) is 20.8 Å². The predicted octanol–water partition coefficient (Wildman–Crippen LogP) is -16.9. The van der Waals surface area contributed by atoms with Crippen molar-refractivity contribution in [2.24, 2.45) is 11.5 Å². The van der Waals surface area contributed by atoms with Gasteiger partial charge in [-0.1, -0.05) is 0 Å². The number of aldehydes is 1. The van der Waals surface area contributed by atoms with E-state index in [2.05, 4.69) is 42.5 Å². The fourth-order valence-corrected chi connectivity index (χ4v) is 16.1. The van der Waals surface area contributed by atoms with Crippen LogP contribution in [-0.4, -0.2) is 458 Å². The van der Waals surface area contributed by atoms with Gasteiger partial charge in [-0.2, -0.15) is 0 Å². The van der Waals surface area contributed by atoms with Crippen molar-refractivity contribution in [3.05, 3.63) is 0 Å². The quantitative estimate of drug-likeness (QED) is 0.0254. The minimum absolute atomic E-state index is 0.283. The smallest absolute Gasteiger partial charge is 0.246 e. The number of amides is 10. The Kier molecular flexibility index (Phi) is 39.4. The molecule has 8 rings (SSSR count). The molecule has 43 atom stereocenters. The summed E-state index contributed by atoms with van der Waals surface area (Å²) in [7, 11) is 0. The lowest BCUT2D eigenvalue weighted by Crippen LogP contribution is -2.73. The monoisotopic (exact) mass is 1840 g/mol. The molecule has 0 bridgehead atoms. The highest BCUT2D eigenvalue weighted by Gasteiger charge is 2.62. The number of carbonyl (C=O) groups is 11. The molecule has 8 fully saturated rings. The van der Waals surface area contributed by atoms with Crippen molar-refractivity contribution < 1.29 is 215 Å². The van der Waals surface area contributed by atoms with Gasteiger partial charge in [0.1, 0.15) is 219 Å². The number of aliphatic hydroxyl groups is 15. The Balaban J connectivity index is 1.09. The number of primary amides is 2.